The van der Waals surface area contributed by atoms with Gasteiger partial charge in [0.2, 0.25) is 0 Å². The molecule has 0 aromatic carbocycles. The van der Waals surface area contributed by atoms with Crippen molar-refractivity contribution in [3.05, 3.63) is 17.2 Å². The van der Waals surface area contributed by atoms with Gasteiger partial charge in [0.1, 0.15) is 5.82 Å². The van der Waals surface area contributed by atoms with Gasteiger partial charge in [-0.05, 0) is 19.3 Å². The zero-order chi connectivity index (χ0) is 13.2. The molecule has 3 heterocycles. The molecule has 6 heteroatoms. The quantitative estimate of drug-likeness (QED) is 0.873. The Bertz CT molecular complexity index is 478. The molecule has 2 aliphatic heterocycles. The summed E-state index contributed by atoms with van der Waals surface area (Å²) in [6.07, 6.45) is 3.00. The van der Waals surface area contributed by atoms with Crippen molar-refractivity contribution >= 4 is 5.97 Å². The van der Waals surface area contributed by atoms with Crippen molar-refractivity contribution in [3.8, 4) is 0 Å². The van der Waals surface area contributed by atoms with Crippen LogP contribution in [0, 0.1) is 0 Å². The molecule has 1 aromatic rings. The fraction of sp³-hybridized carbons (Fsp3) is 0.692. The van der Waals surface area contributed by atoms with Gasteiger partial charge in [0.05, 0.1) is 25.5 Å². The SMILES string of the molecule is O=C(O)c1nc(CN2CCOCC2)n2c1CCCC2. The predicted molar refractivity (Wildman–Crippen MR) is 68.2 cm³/mol. The van der Waals surface area contributed by atoms with E-state index in [9.17, 15) is 9.90 Å². The number of hydrogen-bond acceptors (Lipinski definition) is 4. The molecular weight excluding hydrogens is 246 g/mol. The van der Waals surface area contributed by atoms with Crippen molar-refractivity contribution in [2.24, 2.45) is 0 Å². The molecule has 3 rings (SSSR count). The van der Waals surface area contributed by atoms with E-state index in [-0.39, 0.29) is 5.69 Å². The molecule has 0 amide bonds. The van der Waals surface area contributed by atoms with Crippen molar-refractivity contribution in [3.63, 3.8) is 0 Å². The number of aromatic carboxylic acids is 1. The third-order valence-electron chi connectivity index (χ3n) is 3.87. The zero-order valence-electron chi connectivity index (χ0n) is 11.0. The van der Waals surface area contributed by atoms with Gasteiger partial charge in [-0.3, -0.25) is 4.90 Å². The van der Waals surface area contributed by atoms with Gasteiger partial charge in [0.15, 0.2) is 5.69 Å². The van der Waals surface area contributed by atoms with Crippen LogP contribution < -0.4 is 0 Å². The summed E-state index contributed by atoms with van der Waals surface area (Å²) < 4.78 is 7.44. The lowest BCUT2D eigenvalue weighted by Gasteiger charge is -2.27. The molecule has 0 spiro atoms. The second kappa shape index (κ2) is 5.30. The number of carbonyl (C=O) groups is 1. The molecule has 19 heavy (non-hydrogen) atoms. The average Bonchev–Trinajstić information content (AvgIpc) is 2.79. The van der Waals surface area contributed by atoms with Crippen LogP contribution in [0.5, 0.6) is 0 Å². The fourth-order valence-corrected chi connectivity index (χ4v) is 2.87. The number of morpholine rings is 1. The summed E-state index contributed by atoms with van der Waals surface area (Å²) in [4.78, 5) is 17.9. The van der Waals surface area contributed by atoms with Gasteiger partial charge in [-0.1, -0.05) is 0 Å². The Morgan fingerprint density at radius 1 is 1.26 bits per heavy atom. The van der Waals surface area contributed by atoms with Crippen LogP contribution in [-0.2, 0) is 24.2 Å². The average molecular weight is 265 g/mol. The van der Waals surface area contributed by atoms with E-state index in [1.54, 1.807) is 0 Å². The van der Waals surface area contributed by atoms with Gasteiger partial charge < -0.3 is 14.4 Å². The first-order valence-corrected chi connectivity index (χ1v) is 6.87. The molecule has 0 bridgehead atoms. The zero-order valence-corrected chi connectivity index (χ0v) is 11.0. The Balaban J connectivity index is 1.85. The molecule has 1 aromatic heterocycles. The van der Waals surface area contributed by atoms with Crippen LogP contribution in [0.25, 0.3) is 0 Å². The van der Waals surface area contributed by atoms with Gasteiger partial charge in [-0.2, -0.15) is 0 Å². The van der Waals surface area contributed by atoms with E-state index in [2.05, 4.69) is 14.5 Å². The highest BCUT2D eigenvalue weighted by atomic mass is 16.5. The van der Waals surface area contributed by atoms with Crippen molar-refractivity contribution in [1.82, 2.24) is 14.5 Å². The predicted octanol–water partition coefficient (Wildman–Crippen LogP) is 0.750. The van der Waals surface area contributed by atoms with E-state index < -0.39 is 5.97 Å². The largest absolute Gasteiger partial charge is 0.476 e. The summed E-state index contributed by atoms with van der Waals surface area (Å²) in [7, 11) is 0. The molecule has 6 nitrogen and oxygen atoms in total. The van der Waals surface area contributed by atoms with Gasteiger partial charge in [-0.15, -0.1) is 0 Å². The first-order chi connectivity index (χ1) is 9.25. The van der Waals surface area contributed by atoms with Gasteiger partial charge >= 0.3 is 5.97 Å². The highest BCUT2D eigenvalue weighted by molar-refractivity contribution is 5.86. The lowest BCUT2D eigenvalue weighted by molar-refractivity contribution is 0.0324. The van der Waals surface area contributed by atoms with Crippen LogP contribution in [0.1, 0.15) is 34.8 Å². The topological polar surface area (TPSA) is 67.6 Å². The number of aromatic nitrogens is 2. The molecule has 0 aliphatic carbocycles. The Morgan fingerprint density at radius 2 is 2.05 bits per heavy atom. The maximum absolute atomic E-state index is 11.3. The second-order valence-electron chi connectivity index (χ2n) is 5.13. The smallest absolute Gasteiger partial charge is 0.356 e. The van der Waals surface area contributed by atoms with Crippen LogP contribution >= 0.6 is 0 Å². The number of hydrogen-bond donors (Lipinski definition) is 1. The molecule has 1 saturated heterocycles. The summed E-state index contributed by atoms with van der Waals surface area (Å²) in [5.41, 5.74) is 1.16. The number of fused-ring (bicyclic) bond motifs is 1. The highest BCUT2D eigenvalue weighted by Gasteiger charge is 2.25. The first kappa shape index (κ1) is 12.6. The minimum atomic E-state index is -0.904. The maximum Gasteiger partial charge on any atom is 0.356 e. The van der Waals surface area contributed by atoms with Crippen LogP contribution in [0.15, 0.2) is 0 Å². The van der Waals surface area contributed by atoms with Gasteiger partial charge in [0.25, 0.3) is 0 Å². The standard InChI is InChI=1S/C13H19N3O3/c17-13(18)12-10-3-1-2-4-16(10)11(14-12)9-15-5-7-19-8-6-15/h1-9H2,(H,17,18). The lowest BCUT2D eigenvalue weighted by Crippen LogP contribution is -2.36. The first-order valence-electron chi connectivity index (χ1n) is 6.87. The third kappa shape index (κ3) is 2.50. The Labute approximate surface area is 112 Å². The number of ether oxygens (including phenoxy) is 1. The minimum absolute atomic E-state index is 0.253. The summed E-state index contributed by atoms with van der Waals surface area (Å²) in [6.45, 7) is 4.91. The summed E-state index contributed by atoms with van der Waals surface area (Å²) >= 11 is 0. The number of imidazole rings is 1. The second-order valence-corrected chi connectivity index (χ2v) is 5.13. The monoisotopic (exact) mass is 265 g/mol. The molecule has 2 aliphatic rings. The Hall–Kier alpha value is -1.40. The summed E-state index contributed by atoms with van der Waals surface area (Å²) in [6, 6.07) is 0. The van der Waals surface area contributed by atoms with E-state index in [1.807, 2.05) is 0 Å². The number of nitrogens with zero attached hydrogens (tertiary/aromatic N) is 3. The van der Waals surface area contributed by atoms with Crippen LogP contribution in [0.3, 0.4) is 0 Å². The fourth-order valence-electron chi connectivity index (χ4n) is 2.87. The number of carboxylic acid groups (broad SMARTS) is 1. The Kier molecular flexibility index (Phi) is 3.52. The maximum atomic E-state index is 11.3. The van der Waals surface area contributed by atoms with Crippen molar-refractivity contribution < 1.29 is 14.6 Å². The van der Waals surface area contributed by atoms with Crippen molar-refractivity contribution in [2.45, 2.75) is 32.4 Å². The van der Waals surface area contributed by atoms with Gasteiger partial charge in [-0.25, -0.2) is 9.78 Å². The lowest BCUT2D eigenvalue weighted by atomic mass is 10.1. The summed E-state index contributed by atoms with van der Waals surface area (Å²) in [5, 5.41) is 9.25. The minimum Gasteiger partial charge on any atom is -0.476 e. The normalized spacial score (nSPS) is 20.2. The highest BCUT2D eigenvalue weighted by Crippen LogP contribution is 2.22. The molecular formula is C13H19N3O3. The summed E-state index contributed by atoms with van der Waals surface area (Å²) in [5.74, 6) is -0.00659. The van der Waals surface area contributed by atoms with Gasteiger partial charge in [0, 0.05) is 19.6 Å². The molecule has 0 saturated carbocycles. The molecule has 1 N–H and O–H groups in total. The van der Waals surface area contributed by atoms with E-state index in [0.29, 0.717) is 0 Å². The van der Waals surface area contributed by atoms with Crippen molar-refractivity contribution in [1.29, 1.82) is 0 Å². The molecule has 0 unspecified atom stereocenters. The van der Waals surface area contributed by atoms with E-state index in [0.717, 1.165) is 70.2 Å². The molecule has 104 valence electrons. The number of rotatable bonds is 3. The van der Waals surface area contributed by atoms with E-state index >= 15 is 0 Å². The molecule has 0 radical (unpaired) electrons. The molecule has 0 atom stereocenters. The van der Waals surface area contributed by atoms with E-state index in [1.165, 1.54) is 0 Å². The third-order valence-corrected chi connectivity index (χ3v) is 3.87. The van der Waals surface area contributed by atoms with Crippen LogP contribution in [0.4, 0.5) is 0 Å². The van der Waals surface area contributed by atoms with Crippen molar-refractivity contribution in [2.75, 3.05) is 26.3 Å². The van der Waals surface area contributed by atoms with Crippen LogP contribution in [-0.4, -0.2) is 51.8 Å². The number of carboxylic acids is 1. The Morgan fingerprint density at radius 3 is 2.79 bits per heavy atom. The van der Waals surface area contributed by atoms with Crippen LogP contribution in [0.2, 0.25) is 0 Å². The van der Waals surface area contributed by atoms with E-state index in [4.69, 9.17) is 4.74 Å². The molecule has 1 fully saturated rings.